The maximum absolute atomic E-state index is 12.7. The quantitative estimate of drug-likeness (QED) is 0.708. The number of hydrogen-bond donors (Lipinski definition) is 1. The highest BCUT2D eigenvalue weighted by molar-refractivity contribution is 5.94. The van der Waals surface area contributed by atoms with E-state index in [1.165, 1.54) is 32.1 Å². The molecule has 0 radical (unpaired) electrons. The summed E-state index contributed by atoms with van der Waals surface area (Å²) in [4.78, 5) is 29.3. The van der Waals surface area contributed by atoms with Crippen molar-refractivity contribution in [1.82, 2.24) is 15.1 Å². The van der Waals surface area contributed by atoms with E-state index < -0.39 is 0 Å². The standard InChI is InChI=1S/C24H37N3O3/c1-19(20-6-4-3-5-7-20)18-23(28)27-16-14-26(15-17-27)13-12-25-24(29)21-8-10-22(30-2)11-9-21/h8-11,19-20H,3-7,12-18H2,1-2H3,(H,25,29). The van der Waals surface area contributed by atoms with Crippen LogP contribution < -0.4 is 10.1 Å². The van der Waals surface area contributed by atoms with Gasteiger partial charge in [-0.2, -0.15) is 0 Å². The van der Waals surface area contributed by atoms with Crippen LogP contribution in [0.3, 0.4) is 0 Å². The highest BCUT2D eigenvalue weighted by atomic mass is 16.5. The molecule has 1 N–H and O–H groups in total. The van der Waals surface area contributed by atoms with Crippen molar-refractivity contribution in [2.45, 2.75) is 45.4 Å². The Kier molecular flexibility index (Phi) is 8.55. The molecule has 3 rings (SSSR count). The van der Waals surface area contributed by atoms with Gasteiger partial charge in [0.05, 0.1) is 7.11 Å². The van der Waals surface area contributed by atoms with Gasteiger partial charge in [-0.25, -0.2) is 0 Å². The number of ether oxygens (including phenoxy) is 1. The molecule has 1 saturated heterocycles. The number of piperazine rings is 1. The molecular weight excluding hydrogens is 378 g/mol. The Morgan fingerprint density at radius 1 is 1.07 bits per heavy atom. The van der Waals surface area contributed by atoms with Crippen molar-refractivity contribution < 1.29 is 14.3 Å². The second kappa shape index (κ2) is 11.3. The Balaban J connectivity index is 1.32. The van der Waals surface area contributed by atoms with Crippen LogP contribution in [0.2, 0.25) is 0 Å². The van der Waals surface area contributed by atoms with Crippen LogP contribution in [0.5, 0.6) is 5.75 Å². The molecule has 2 aliphatic rings. The normalized spacial score (nSPS) is 19.3. The van der Waals surface area contributed by atoms with Gasteiger partial charge < -0.3 is 15.0 Å². The Morgan fingerprint density at radius 2 is 1.73 bits per heavy atom. The molecule has 1 atom stereocenters. The Morgan fingerprint density at radius 3 is 2.37 bits per heavy atom. The number of rotatable bonds is 8. The molecule has 1 aliphatic carbocycles. The molecule has 0 bridgehead atoms. The maximum Gasteiger partial charge on any atom is 0.251 e. The number of carbonyl (C=O) groups excluding carboxylic acids is 2. The van der Waals surface area contributed by atoms with E-state index in [1.54, 1.807) is 31.4 Å². The van der Waals surface area contributed by atoms with E-state index in [0.29, 0.717) is 30.4 Å². The Hall–Kier alpha value is -2.08. The zero-order chi connectivity index (χ0) is 21.3. The largest absolute Gasteiger partial charge is 0.497 e. The second-order valence-corrected chi connectivity index (χ2v) is 8.79. The summed E-state index contributed by atoms with van der Waals surface area (Å²) in [6, 6.07) is 7.13. The van der Waals surface area contributed by atoms with Gasteiger partial charge in [0.2, 0.25) is 5.91 Å². The van der Waals surface area contributed by atoms with E-state index in [4.69, 9.17) is 4.74 Å². The smallest absolute Gasteiger partial charge is 0.251 e. The fourth-order valence-corrected chi connectivity index (χ4v) is 4.67. The molecule has 2 fully saturated rings. The summed E-state index contributed by atoms with van der Waals surface area (Å²) in [6.07, 6.45) is 7.31. The number of amides is 2. The van der Waals surface area contributed by atoms with E-state index in [2.05, 4.69) is 17.1 Å². The summed E-state index contributed by atoms with van der Waals surface area (Å²) in [7, 11) is 1.61. The van der Waals surface area contributed by atoms with E-state index >= 15 is 0 Å². The number of benzene rings is 1. The molecule has 6 nitrogen and oxygen atoms in total. The molecule has 166 valence electrons. The summed E-state index contributed by atoms with van der Waals surface area (Å²) >= 11 is 0. The van der Waals surface area contributed by atoms with Crippen molar-refractivity contribution in [2.24, 2.45) is 11.8 Å². The zero-order valence-corrected chi connectivity index (χ0v) is 18.6. The van der Waals surface area contributed by atoms with Crippen LogP contribution in [-0.4, -0.2) is 68.0 Å². The van der Waals surface area contributed by atoms with Gasteiger partial charge in [-0.15, -0.1) is 0 Å². The number of nitrogens with one attached hydrogen (secondary N) is 1. The van der Waals surface area contributed by atoms with Crippen LogP contribution in [0, 0.1) is 11.8 Å². The maximum atomic E-state index is 12.7. The molecule has 1 heterocycles. The van der Waals surface area contributed by atoms with Crippen LogP contribution in [-0.2, 0) is 4.79 Å². The third-order valence-electron chi connectivity index (χ3n) is 6.74. The molecule has 1 aromatic carbocycles. The highest BCUT2D eigenvalue weighted by Gasteiger charge is 2.26. The molecule has 1 aromatic rings. The van der Waals surface area contributed by atoms with Crippen molar-refractivity contribution in [3.8, 4) is 5.75 Å². The van der Waals surface area contributed by atoms with Crippen LogP contribution in [0.25, 0.3) is 0 Å². The first kappa shape index (κ1) is 22.6. The van der Waals surface area contributed by atoms with Gasteiger partial charge in [-0.3, -0.25) is 14.5 Å². The van der Waals surface area contributed by atoms with Gasteiger partial charge in [-0.1, -0.05) is 39.0 Å². The molecule has 1 unspecified atom stereocenters. The van der Waals surface area contributed by atoms with Crippen LogP contribution in [0.1, 0.15) is 55.8 Å². The van der Waals surface area contributed by atoms with Crippen LogP contribution >= 0.6 is 0 Å². The third-order valence-corrected chi connectivity index (χ3v) is 6.74. The second-order valence-electron chi connectivity index (χ2n) is 8.79. The van der Waals surface area contributed by atoms with Gasteiger partial charge in [0.1, 0.15) is 5.75 Å². The highest BCUT2D eigenvalue weighted by Crippen LogP contribution is 2.31. The first-order chi connectivity index (χ1) is 14.6. The predicted molar refractivity (Wildman–Crippen MR) is 119 cm³/mol. The lowest BCUT2D eigenvalue weighted by Gasteiger charge is -2.36. The van der Waals surface area contributed by atoms with E-state index in [9.17, 15) is 9.59 Å². The molecule has 2 amide bonds. The van der Waals surface area contributed by atoms with Gasteiger partial charge in [0, 0.05) is 51.3 Å². The topological polar surface area (TPSA) is 61.9 Å². The molecule has 1 aliphatic heterocycles. The minimum atomic E-state index is -0.0665. The zero-order valence-electron chi connectivity index (χ0n) is 18.6. The lowest BCUT2D eigenvalue weighted by molar-refractivity contribution is -0.134. The first-order valence-electron chi connectivity index (χ1n) is 11.5. The monoisotopic (exact) mass is 415 g/mol. The molecular formula is C24H37N3O3. The average Bonchev–Trinajstić information content (AvgIpc) is 2.80. The fraction of sp³-hybridized carbons (Fsp3) is 0.667. The van der Waals surface area contributed by atoms with Crippen molar-refractivity contribution in [1.29, 1.82) is 0 Å². The average molecular weight is 416 g/mol. The minimum Gasteiger partial charge on any atom is -0.497 e. The fourth-order valence-electron chi connectivity index (χ4n) is 4.67. The van der Waals surface area contributed by atoms with Crippen LogP contribution in [0.15, 0.2) is 24.3 Å². The van der Waals surface area contributed by atoms with Gasteiger partial charge >= 0.3 is 0 Å². The predicted octanol–water partition coefficient (Wildman–Crippen LogP) is 3.18. The number of hydrogen-bond acceptors (Lipinski definition) is 4. The van der Waals surface area contributed by atoms with Crippen molar-refractivity contribution >= 4 is 11.8 Å². The lowest BCUT2D eigenvalue weighted by Crippen LogP contribution is -2.50. The summed E-state index contributed by atoms with van der Waals surface area (Å²) in [5, 5.41) is 2.98. The summed E-state index contributed by atoms with van der Waals surface area (Å²) < 4.78 is 5.12. The SMILES string of the molecule is COc1ccc(C(=O)NCCN2CCN(C(=O)CC(C)C3CCCCC3)CC2)cc1. The van der Waals surface area contributed by atoms with E-state index in [1.807, 2.05) is 4.90 Å². The number of methoxy groups -OCH3 is 1. The van der Waals surface area contributed by atoms with Gasteiger partial charge in [0.15, 0.2) is 0 Å². The summed E-state index contributed by atoms with van der Waals surface area (Å²) in [5.41, 5.74) is 0.637. The van der Waals surface area contributed by atoms with Crippen molar-refractivity contribution in [3.05, 3.63) is 29.8 Å². The Bertz CT molecular complexity index is 677. The summed E-state index contributed by atoms with van der Waals surface area (Å²) in [6.45, 7) is 7.02. The first-order valence-corrected chi connectivity index (χ1v) is 11.5. The minimum absolute atomic E-state index is 0.0665. The molecule has 6 heteroatoms. The Labute approximate surface area is 180 Å². The lowest BCUT2D eigenvalue weighted by atomic mass is 9.79. The van der Waals surface area contributed by atoms with Gasteiger partial charge in [0.25, 0.3) is 5.91 Å². The van der Waals surface area contributed by atoms with E-state index in [-0.39, 0.29) is 5.91 Å². The van der Waals surface area contributed by atoms with E-state index in [0.717, 1.165) is 44.4 Å². The molecule has 0 spiro atoms. The molecule has 0 aromatic heterocycles. The third kappa shape index (κ3) is 6.46. The van der Waals surface area contributed by atoms with Gasteiger partial charge in [-0.05, 0) is 36.1 Å². The molecule has 1 saturated carbocycles. The molecule has 30 heavy (non-hydrogen) atoms. The summed E-state index contributed by atoms with van der Waals surface area (Å²) in [5.74, 6) is 2.23. The van der Waals surface area contributed by atoms with Crippen LogP contribution in [0.4, 0.5) is 0 Å². The number of carbonyl (C=O) groups is 2. The number of nitrogens with zero attached hydrogens (tertiary/aromatic N) is 2. The van der Waals surface area contributed by atoms with Crippen molar-refractivity contribution in [2.75, 3.05) is 46.4 Å². The van der Waals surface area contributed by atoms with Crippen molar-refractivity contribution in [3.63, 3.8) is 0 Å².